The Hall–Kier alpha value is -4.23. The Labute approximate surface area is 226 Å². The molecule has 0 spiro atoms. The van der Waals surface area contributed by atoms with Gasteiger partial charge in [-0.1, -0.05) is 72.3 Å². The van der Waals surface area contributed by atoms with E-state index in [4.69, 9.17) is 0 Å². The molecule has 6 nitrogen and oxygen atoms in total. The van der Waals surface area contributed by atoms with Gasteiger partial charge < -0.3 is 15.3 Å². The number of hydrogen-bond donors (Lipinski definition) is 2. The van der Waals surface area contributed by atoms with Gasteiger partial charge in [0, 0.05) is 29.1 Å². The molecule has 0 aliphatic rings. The van der Waals surface area contributed by atoms with E-state index in [0.29, 0.717) is 41.8 Å². The van der Waals surface area contributed by atoms with Gasteiger partial charge in [-0.05, 0) is 53.6 Å². The minimum absolute atomic E-state index is 0.0946. The fraction of sp³-hybridized carbons (Fsp3) is 0.194. The summed E-state index contributed by atoms with van der Waals surface area (Å²) in [6.45, 7) is 2.92. The minimum Gasteiger partial charge on any atom is -0.481 e. The Kier molecular flexibility index (Phi) is 9.06. The monoisotopic (exact) mass is 526 g/mol. The Bertz CT molecular complexity index is 1400. The number of aliphatic carboxylic acids is 1. The largest absolute Gasteiger partial charge is 0.481 e. The first-order chi connectivity index (χ1) is 18.4. The highest BCUT2D eigenvalue weighted by Gasteiger charge is 2.22. The van der Waals surface area contributed by atoms with Crippen LogP contribution < -0.4 is 5.32 Å². The van der Waals surface area contributed by atoms with Crippen LogP contribution in [0.5, 0.6) is 0 Å². The van der Waals surface area contributed by atoms with Crippen molar-refractivity contribution < 1.29 is 19.5 Å². The van der Waals surface area contributed by atoms with E-state index in [1.807, 2.05) is 73.0 Å². The molecule has 2 N–H and O–H groups in total. The summed E-state index contributed by atoms with van der Waals surface area (Å²) in [5.41, 5.74) is 4.41. The Balaban J connectivity index is 1.60. The third kappa shape index (κ3) is 6.95. The van der Waals surface area contributed by atoms with Crippen LogP contribution in [0.25, 0.3) is 11.1 Å². The van der Waals surface area contributed by atoms with E-state index in [-0.39, 0.29) is 24.8 Å². The molecule has 0 atom stereocenters. The van der Waals surface area contributed by atoms with Crippen molar-refractivity contribution in [1.82, 2.24) is 10.2 Å². The van der Waals surface area contributed by atoms with Crippen molar-refractivity contribution in [3.05, 3.63) is 117 Å². The van der Waals surface area contributed by atoms with E-state index in [0.717, 1.165) is 16.0 Å². The molecule has 194 valence electrons. The van der Waals surface area contributed by atoms with Crippen molar-refractivity contribution in [3.63, 3.8) is 0 Å². The van der Waals surface area contributed by atoms with Gasteiger partial charge in [0.25, 0.3) is 11.8 Å². The van der Waals surface area contributed by atoms with E-state index in [9.17, 15) is 19.5 Å². The molecule has 4 rings (SSSR count). The number of nitrogens with one attached hydrogen (secondary N) is 1. The molecule has 7 heteroatoms. The number of nitrogens with zero attached hydrogens (tertiary/aromatic N) is 1. The van der Waals surface area contributed by atoms with Gasteiger partial charge in [-0.25, -0.2) is 0 Å². The van der Waals surface area contributed by atoms with Crippen LogP contribution in [0, 0.1) is 6.92 Å². The molecule has 1 heterocycles. The summed E-state index contributed by atoms with van der Waals surface area (Å²) in [6, 6.07) is 26.4. The van der Waals surface area contributed by atoms with Crippen LogP contribution in [0.3, 0.4) is 0 Å². The minimum atomic E-state index is -0.959. The maximum atomic E-state index is 13.8. The second kappa shape index (κ2) is 12.8. The van der Waals surface area contributed by atoms with E-state index in [1.165, 1.54) is 0 Å². The Morgan fingerprint density at radius 2 is 1.47 bits per heavy atom. The number of aryl methyl sites for hydroxylation is 1. The molecular formula is C31H30N2O4S. The number of carbonyl (C=O) groups is 3. The van der Waals surface area contributed by atoms with Gasteiger partial charge in [-0.3, -0.25) is 14.4 Å². The van der Waals surface area contributed by atoms with Gasteiger partial charge >= 0.3 is 5.97 Å². The lowest BCUT2D eigenvalue weighted by molar-refractivity contribution is -0.137. The lowest BCUT2D eigenvalue weighted by atomic mass is 9.94. The number of thiophene rings is 1. The molecule has 3 aromatic carbocycles. The quantitative estimate of drug-likeness (QED) is 0.258. The van der Waals surface area contributed by atoms with E-state index < -0.39 is 5.97 Å². The molecule has 0 bridgehead atoms. The zero-order valence-corrected chi connectivity index (χ0v) is 22.0. The molecule has 0 saturated carbocycles. The SMILES string of the molecule is Cc1ccc(CCN(CCC(=O)O)C(=O)c2ccccc2-c2ccccc2C(=O)NCc2cccs2)cc1. The number of carbonyl (C=O) groups excluding carboxylic acids is 2. The molecule has 0 unspecified atom stereocenters. The summed E-state index contributed by atoms with van der Waals surface area (Å²) in [6.07, 6.45) is 0.457. The topological polar surface area (TPSA) is 86.7 Å². The molecular weight excluding hydrogens is 496 g/mol. The molecule has 0 aliphatic carbocycles. The molecule has 0 aliphatic heterocycles. The smallest absolute Gasteiger partial charge is 0.305 e. The summed E-state index contributed by atoms with van der Waals surface area (Å²) < 4.78 is 0. The van der Waals surface area contributed by atoms with Gasteiger partial charge in [-0.15, -0.1) is 11.3 Å². The van der Waals surface area contributed by atoms with E-state index >= 15 is 0 Å². The predicted molar refractivity (Wildman–Crippen MR) is 150 cm³/mol. The highest BCUT2D eigenvalue weighted by atomic mass is 32.1. The normalized spacial score (nSPS) is 10.7. The lowest BCUT2D eigenvalue weighted by Crippen LogP contribution is -2.35. The van der Waals surface area contributed by atoms with Gasteiger partial charge in [0.2, 0.25) is 0 Å². The van der Waals surface area contributed by atoms with Crippen LogP contribution in [0.4, 0.5) is 0 Å². The molecule has 38 heavy (non-hydrogen) atoms. The van der Waals surface area contributed by atoms with Gasteiger partial charge in [0.1, 0.15) is 0 Å². The number of carboxylic acid groups (broad SMARTS) is 1. The average molecular weight is 527 g/mol. The fourth-order valence-corrected chi connectivity index (χ4v) is 4.88. The van der Waals surface area contributed by atoms with E-state index in [2.05, 4.69) is 5.32 Å². The molecule has 0 saturated heterocycles. The lowest BCUT2D eigenvalue weighted by Gasteiger charge is -2.24. The third-order valence-electron chi connectivity index (χ3n) is 6.30. The maximum absolute atomic E-state index is 13.8. The zero-order chi connectivity index (χ0) is 26.9. The van der Waals surface area contributed by atoms with Crippen LogP contribution in [-0.4, -0.2) is 40.9 Å². The molecule has 0 fully saturated rings. The van der Waals surface area contributed by atoms with Crippen molar-refractivity contribution in [3.8, 4) is 11.1 Å². The van der Waals surface area contributed by atoms with Crippen LogP contribution in [0.1, 0.15) is 43.1 Å². The van der Waals surface area contributed by atoms with Crippen molar-refractivity contribution in [2.75, 3.05) is 13.1 Å². The van der Waals surface area contributed by atoms with Crippen molar-refractivity contribution in [2.45, 2.75) is 26.3 Å². The average Bonchev–Trinajstić information content (AvgIpc) is 3.46. The summed E-state index contributed by atoms with van der Waals surface area (Å²) in [5, 5.41) is 14.2. The van der Waals surface area contributed by atoms with Gasteiger partial charge in [0.15, 0.2) is 0 Å². The van der Waals surface area contributed by atoms with Crippen LogP contribution >= 0.6 is 11.3 Å². The highest BCUT2D eigenvalue weighted by Crippen LogP contribution is 2.28. The van der Waals surface area contributed by atoms with Crippen LogP contribution in [-0.2, 0) is 17.8 Å². The van der Waals surface area contributed by atoms with Gasteiger partial charge in [-0.2, -0.15) is 0 Å². The predicted octanol–water partition coefficient (Wildman–Crippen LogP) is 5.81. The van der Waals surface area contributed by atoms with E-state index in [1.54, 1.807) is 40.5 Å². The molecule has 1 aromatic heterocycles. The number of amides is 2. The van der Waals surface area contributed by atoms with Crippen molar-refractivity contribution in [2.24, 2.45) is 0 Å². The standard InChI is InChI=1S/C31H30N2O4S/c1-22-12-14-23(15-13-22)16-18-33(19-17-29(34)35)31(37)28-11-5-3-9-26(28)25-8-2-4-10-27(25)30(36)32-21-24-7-6-20-38-24/h2-15,20H,16-19,21H2,1H3,(H,32,36)(H,34,35). The third-order valence-corrected chi connectivity index (χ3v) is 7.17. The van der Waals surface area contributed by atoms with Crippen molar-refractivity contribution in [1.29, 1.82) is 0 Å². The first-order valence-corrected chi connectivity index (χ1v) is 13.4. The zero-order valence-electron chi connectivity index (χ0n) is 21.2. The maximum Gasteiger partial charge on any atom is 0.305 e. The summed E-state index contributed by atoms with van der Waals surface area (Å²) in [7, 11) is 0. The van der Waals surface area contributed by atoms with Crippen LogP contribution in [0.2, 0.25) is 0 Å². The van der Waals surface area contributed by atoms with Crippen LogP contribution in [0.15, 0.2) is 90.3 Å². The Morgan fingerprint density at radius 1 is 0.816 bits per heavy atom. The molecule has 4 aromatic rings. The summed E-state index contributed by atoms with van der Waals surface area (Å²) in [5.74, 6) is -1.44. The van der Waals surface area contributed by atoms with Crippen molar-refractivity contribution >= 4 is 29.1 Å². The fourth-order valence-electron chi connectivity index (χ4n) is 4.23. The summed E-state index contributed by atoms with van der Waals surface area (Å²) >= 11 is 1.57. The molecule has 0 radical (unpaired) electrons. The number of rotatable bonds is 11. The molecule has 2 amide bonds. The second-order valence-corrected chi connectivity index (χ2v) is 10.1. The summed E-state index contributed by atoms with van der Waals surface area (Å²) in [4.78, 5) is 41.0. The number of hydrogen-bond acceptors (Lipinski definition) is 4. The number of benzene rings is 3. The highest BCUT2D eigenvalue weighted by molar-refractivity contribution is 7.09. The first-order valence-electron chi connectivity index (χ1n) is 12.5. The Morgan fingerprint density at radius 3 is 2.13 bits per heavy atom. The first kappa shape index (κ1) is 26.8. The van der Waals surface area contributed by atoms with Gasteiger partial charge in [0.05, 0.1) is 13.0 Å². The second-order valence-electron chi connectivity index (χ2n) is 9.02. The number of carboxylic acids is 1.